The molecule has 2 rings (SSSR count). The summed E-state index contributed by atoms with van der Waals surface area (Å²) in [7, 11) is 0. The number of carbonyl (C=O) groups is 2. The average Bonchev–Trinajstić information content (AvgIpc) is 2.62. The van der Waals surface area contributed by atoms with Gasteiger partial charge in [-0.2, -0.15) is 5.26 Å². The maximum absolute atomic E-state index is 12.7. The summed E-state index contributed by atoms with van der Waals surface area (Å²) in [6.07, 6.45) is 2.02. The SMILES string of the molecule is CCCCSC1=C(C#N)C(c2ccccc2C)C(C(=O)OCC)C(=O)N1. The lowest BCUT2D eigenvalue weighted by Gasteiger charge is -2.32. The Balaban J connectivity index is 2.55. The van der Waals surface area contributed by atoms with Gasteiger partial charge in [-0.15, -0.1) is 11.8 Å². The molecule has 0 saturated heterocycles. The summed E-state index contributed by atoms with van der Waals surface area (Å²) in [5.41, 5.74) is 2.18. The van der Waals surface area contributed by atoms with E-state index in [-0.39, 0.29) is 6.61 Å². The zero-order valence-corrected chi connectivity index (χ0v) is 16.2. The number of nitrogens with one attached hydrogen (secondary N) is 1. The molecular formula is C20H24N2O3S. The van der Waals surface area contributed by atoms with E-state index in [1.54, 1.807) is 6.92 Å². The summed E-state index contributed by atoms with van der Waals surface area (Å²) < 4.78 is 5.13. The van der Waals surface area contributed by atoms with Crippen molar-refractivity contribution < 1.29 is 14.3 Å². The number of rotatable bonds is 7. The first-order valence-electron chi connectivity index (χ1n) is 8.85. The Morgan fingerprint density at radius 1 is 1.35 bits per heavy atom. The smallest absolute Gasteiger partial charge is 0.319 e. The second kappa shape index (κ2) is 9.44. The number of hydrogen-bond donors (Lipinski definition) is 1. The van der Waals surface area contributed by atoms with Gasteiger partial charge in [0.05, 0.1) is 23.3 Å². The maximum atomic E-state index is 12.7. The molecule has 0 fully saturated rings. The number of allylic oxidation sites excluding steroid dienone is 1. The predicted octanol–water partition coefficient (Wildman–Crippen LogP) is 3.66. The fourth-order valence-corrected chi connectivity index (χ4v) is 4.15. The maximum Gasteiger partial charge on any atom is 0.319 e. The molecule has 2 unspecified atom stereocenters. The van der Waals surface area contributed by atoms with Crippen LogP contribution < -0.4 is 5.32 Å². The van der Waals surface area contributed by atoms with Gasteiger partial charge in [0, 0.05) is 5.92 Å². The molecule has 5 nitrogen and oxygen atoms in total. The van der Waals surface area contributed by atoms with Crippen molar-refractivity contribution in [3.8, 4) is 6.07 Å². The number of ether oxygens (including phenoxy) is 1. The molecule has 0 aliphatic carbocycles. The van der Waals surface area contributed by atoms with E-state index in [2.05, 4.69) is 18.3 Å². The van der Waals surface area contributed by atoms with E-state index in [0.29, 0.717) is 10.6 Å². The molecule has 26 heavy (non-hydrogen) atoms. The van der Waals surface area contributed by atoms with E-state index in [9.17, 15) is 14.9 Å². The van der Waals surface area contributed by atoms with Crippen LogP contribution in [0.25, 0.3) is 0 Å². The fourth-order valence-electron chi connectivity index (χ4n) is 3.01. The minimum Gasteiger partial charge on any atom is -0.465 e. The second-order valence-electron chi connectivity index (χ2n) is 6.11. The molecular weight excluding hydrogens is 348 g/mol. The van der Waals surface area contributed by atoms with Crippen LogP contribution in [0, 0.1) is 24.2 Å². The molecule has 2 atom stereocenters. The number of nitriles is 1. The van der Waals surface area contributed by atoms with Crippen LogP contribution in [0.5, 0.6) is 0 Å². The van der Waals surface area contributed by atoms with E-state index in [4.69, 9.17) is 4.74 Å². The Hall–Kier alpha value is -2.26. The lowest BCUT2D eigenvalue weighted by molar-refractivity contribution is -0.152. The van der Waals surface area contributed by atoms with Crippen LogP contribution in [0.3, 0.4) is 0 Å². The summed E-state index contributed by atoms with van der Waals surface area (Å²) in [6, 6.07) is 9.79. The lowest BCUT2D eigenvalue weighted by atomic mass is 9.77. The molecule has 1 amide bonds. The molecule has 1 heterocycles. The first kappa shape index (κ1) is 20.1. The van der Waals surface area contributed by atoms with Crippen LogP contribution in [0.2, 0.25) is 0 Å². The molecule has 0 bridgehead atoms. The van der Waals surface area contributed by atoms with Gasteiger partial charge in [-0.05, 0) is 37.1 Å². The number of nitrogens with zero attached hydrogens (tertiary/aromatic N) is 1. The molecule has 6 heteroatoms. The van der Waals surface area contributed by atoms with Gasteiger partial charge in [0.25, 0.3) is 0 Å². The second-order valence-corrected chi connectivity index (χ2v) is 7.22. The van der Waals surface area contributed by atoms with Crippen molar-refractivity contribution >= 4 is 23.6 Å². The molecule has 0 radical (unpaired) electrons. The highest BCUT2D eigenvalue weighted by Gasteiger charge is 2.44. The Morgan fingerprint density at radius 3 is 2.69 bits per heavy atom. The van der Waals surface area contributed by atoms with Crippen LogP contribution >= 0.6 is 11.8 Å². The monoisotopic (exact) mass is 372 g/mol. The third-order valence-corrected chi connectivity index (χ3v) is 5.44. The van der Waals surface area contributed by atoms with Gasteiger partial charge >= 0.3 is 5.97 Å². The van der Waals surface area contributed by atoms with Crippen LogP contribution in [0.1, 0.15) is 43.7 Å². The molecule has 138 valence electrons. The first-order chi connectivity index (χ1) is 12.5. The molecule has 1 aliphatic rings. The highest BCUT2D eigenvalue weighted by molar-refractivity contribution is 8.03. The van der Waals surface area contributed by atoms with Gasteiger partial charge in [0.15, 0.2) is 0 Å². The van der Waals surface area contributed by atoms with Gasteiger partial charge in [-0.3, -0.25) is 9.59 Å². The van der Waals surface area contributed by atoms with Gasteiger partial charge in [0.2, 0.25) is 5.91 Å². The zero-order chi connectivity index (χ0) is 19.1. The van der Waals surface area contributed by atoms with Crippen LogP contribution in [0.15, 0.2) is 34.9 Å². The summed E-state index contributed by atoms with van der Waals surface area (Å²) in [5.74, 6) is -1.88. The topological polar surface area (TPSA) is 79.2 Å². The summed E-state index contributed by atoms with van der Waals surface area (Å²) in [6.45, 7) is 5.90. The summed E-state index contributed by atoms with van der Waals surface area (Å²) >= 11 is 1.46. The molecule has 1 aliphatic heterocycles. The highest BCUT2D eigenvalue weighted by atomic mass is 32.2. The van der Waals surface area contributed by atoms with Crippen molar-refractivity contribution in [2.75, 3.05) is 12.4 Å². The average molecular weight is 372 g/mol. The normalized spacial score (nSPS) is 19.7. The van der Waals surface area contributed by atoms with Gasteiger partial charge in [0.1, 0.15) is 5.92 Å². The van der Waals surface area contributed by atoms with E-state index in [1.165, 1.54) is 11.8 Å². The number of unbranched alkanes of at least 4 members (excludes halogenated alkanes) is 1. The standard InChI is InChI=1S/C20H24N2O3S/c1-4-6-11-26-19-15(12-21)16(14-10-8-7-9-13(14)3)17(18(23)22-19)20(24)25-5-2/h7-10,16-17H,4-6,11H2,1-3H3,(H,22,23). The Kier molecular flexibility index (Phi) is 7.28. The third-order valence-electron chi connectivity index (χ3n) is 4.34. The van der Waals surface area contributed by atoms with Crippen molar-refractivity contribution in [3.05, 3.63) is 46.0 Å². The minimum absolute atomic E-state index is 0.187. The Labute approximate surface area is 158 Å². The number of thioether (sulfide) groups is 1. The number of benzene rings is 1. The molecule has 0 spiro atoms. The van der Waals surface area contributed by atoms with Crippen LogP contribution in [-0.2, 0) is 14.3 Å². The molecule has 1 aromatic rings. The van der Waals surface area contributed by atoms with E-state index in [0.717, 1.165) is 29.7 Å². The van der Waals surface area contributed by atoms with Crippen molar-refractivity contribution in [2.24, 2.45) is 5.92 Å². The van der Waals surface area contributed by atoms with Crippen molar-refractivity contribution in [2.45, 2.75) is 39.5 Å². The van der Waals surface area contributed by atoms with Gasteiger partial charge < -0.3 is 10.1 Å². The summed E-state index contributed by atoms with van der Waals surface area (Å²) in [5, 5.41) is 13.2. The van der Waals surface area contributed by atoms with Gasteiger partial charge in [-0.1, -0.05) is 37.6 Å². The predicted molar refractivity (Wildman–Crippen MR) is 102 cm³/mol. The number of hydrogen-bond acceptors (Lipinski definition) is 5. The van der Waals surface area contributed by atoms with E-state index < -0.39 is 23.7 Å². The van der Waals surface area contributed by atoms with Crippen molar-refractivity contribution in [1.29, 1.82) is 5.26 Å². The Morgan fingerprint density at radius 2 is 2.08 bits per heavy atom. The fraction of sp³-hybridized carbons (Fsp3) is 0.450. The number of esters is 1. The Bertz CT molecular complexity index is 752. The van der Waals surface area contributed by atoms with Crippen molar-refractivity contribution in [3.63, 3.8) is 0 Å². The third kappa shape index (κ3) is 4.28. The molecule has 0 aromatic heterocycles. The zero-order valence-electron chi connectivity index (χ0n) is 15.4. The lowest BCUT2D eigenvalue weighted by Crippen LogP contribution is -2.44. The highest BCUT2D eigenvalue weighted by Crippen LogP contribution is 2.41. The van der Waals surface area contributed by atoms with Crippen molar-refractivity contribution in [1.82, 2.24) is 5.32 Å². The van der Waals surface area contributed by atoms with Gasteiger partial charge in [-0.25, -0.2) is 0 Å². The largest absolute Gasteiger partial charge is 0.465 e. The van der Waals surface area contributed by atoms with E-state index >= 15 is 0 Å². The number of amides is 1. The van der Waals surface area contributed by atoms with Crippen LogP contribution in [0.4, 0.5) is 0 Å². The van der Waals surface area contributed by atoms with Crippen LogP contribution in [-0.4, -0.2) is 24.2 Å². The minimum atomic E-state index is -1.05. The molecule has 0 saturated carbocycles. The van der Waals surface area contributed by atoms with E-state index in [1.807, 2.05) is 31.2 Å². The first-order valence-corrected chi connectivity index (χ1v) is 9.83. The molecule has 1 aromatic carbocycles. The molecule has 1 N–H and O–H groups in total. The number of carbonyl (C=O) groups excluding carboxylic acids is 2. The number of aryl methyl sites for hydroxylation is 1. The summed E-state index contributed by atoms with van der Waals surface area (Å²) in [4.78, 5) is 25.3. The quantitative estimate of drug-likeness (QED) is 0.449.